The quantitative estimate of drug-likeness (QED) is 0.186. The standard InChI is InChI=1S/C46H29NOS/c1-2-10-30(11-3-1)31-18-22-34(23-19-31)47(35-24-26-43-39(29-35)37-14-6-8-16-42(37)48-43)41-25-20-32-12-4-5-13-36(32)46(41)33-21-27-45-40(28-33)38-15-7-9-17-44(38)49-45/h1-29H. The first kappa shape index (κ1) is 27.9. The molecule has 0 spiro atoms. The summed E-state index contributed by atoms with van der Waals surface area (Å²) in [5, 5.41) is 7.25. The number of anilines is 3. The molecule has 8 aromatic carbocycles. The first-order chi connectivity index (χ1) is 24.3. The molecule has 2 nitrogen and oxygen atoms in total. The van der Waals surface area contributed by atoms with Crippen molar-refractivity contribution < 1.29 is 4.42 Å². The van der Waals surface area contributed by atoms with E-state index in [-0.39, 0.29) is 0 Å². The minimum atomic E-state index is 0.887. The van der Waals surface area contributed by atoms with Gasteiger partial charge in [-0.25, -0.2) is 0 Å². The van der Waals surface area contributed by atoms with E-state index < -0.39 is 0 Å². The first-order valence-electron chi connectivity index (χ1n) is 16.6. The van der Waals surface area contributed by atoms with Gasteiger partial charge in [-0.2, -0.15) is 0 Å². The van der Waals surface area contributed by atoms with Crippen LogP contribution in [0.5, 0.6) is 0 Å². The van der Waals surface area contributed by atoms with E-state index in [0.29, 0.717) is 0 Å². The van der Waals surface area contributed by atoms with Crippen molar-refractivity contribution >= 4 is 81.3 Å². The fourth-order valence-corrected chi connectivity index (χ4v) is 8.43. The van der Waals surface area contributed by atoms with Crippen molar-refractivity contribution in [2.75, 3.05) is 4.90 Å². The highest BCUT2D eigenvalue weighted by atomic mass is 32.1. The van der Waals surface area contributed by atoms with Crippen LogP contribution in [-0.2, 0) is 0 Å². The Morgan fingerprint density at radius 1 is 0.388 bits per heavy atom. The Hall–Kier alpha value is -6.16. The van der Waals surface area contributed by atoms with Crippen LogP contribution >= 0.6 is 11.3 Å². The second-order valence-corrected chi connectivity index (χ2v) is 13.6. The van der Waals surface area contributed by atoms with Gasteiger partial charge in [-0.05, 0) is 88.1 Å². The molecule has 2 aromatic heterocycles. The van der Waals surface area contributed by atoms with Gasteiger partial charge in [-0.3, -0.25) is 0 Å². The summed E-state index contributed by atoms with van der Waals surface area (Å²) in [6, 6.07) is 63.4. The molecular weight excluding hydrogens is 615 g/mol. The molecule has 0 saturated carbocycles. The maximum absolute atomic E-state index is 6.26. The first-order valence-corrected chi connectivity index (χ1v) is 17.4. The fourth-order valence-electron chi connectivity index (χ4n) is 7.35. The van der Waals surface area contributed by atoms with Crippen molar-refractivity contribution in [1.29, 1.82) is 0 Å². The van der Waals surface area contributed by atoms with Crippen LogP contribution in [-0.4, -0.2) is 0 Å². The average Bonchev–Trinajstić information content (AvgIpc) is 3.73. The average molecular weight is 644 g/mol. The van der Waals surface area contributed by atoms with E-state index in [1.54, 1.807) is 0 Å². The van der Waals surface area contributed by atoms with E-state index >= 15 is 0 Å². The molecule has 49 heavy (non-hydrogen) atoms. The highest BCUT2D eigenvalue weighted by Crippen LogP contribution is 2.47. The Bertz CT molecular complexity index is 2830. The number of nitrogens with zero attached hydrogens (tertiary/aromatic N) is 1. The maximum atomic E-state index is 6.26. The molecule has 0 aliphatic heterocycles. The summed E-state index contributed by atoms with van der Waals surface area (Å²) in [7, 11) is 0. The number of hydrogen-bond donors (Lipinski definition) is 0. The number of para-hydroxylation sites is 1. The van der Waals surface area contributed by atoms with E-state index in [9.17, 15) is 0 Å². The lowest BCUT2D eigenvalue weighted by atomic mass is 9.94. The van der Waals surface area contributed by atoms with Crippen molar-refractivity contribution in [3.05, 3.63) is 176 Å². The Morgan fingerprint density at radius 3 is 1.92 bits per heavy atom. The monoisotopic (exact) mass is 643 g/mol. The second-order valence-electron chi connectivity index (χ2n) is 12.5. The van der Waals surface area contributed by atoms with Crippen LogP contribution in [0.3, 0.4) is 0 Å². The van der Waals surface area contributed by atoms with Gasteiger partial charge in [0.05, 0.1) is 5.69 Å². The van der Waals surface area contributed by atoms with Crippen LogP contribution < -0.4 is 4.90 Å². The Morgan fingerprint density at radius 2 is 1.04 bits per heavy atom. The van der Waals surface area contributed by atoms with Gasteiger partial charge in [0, 0.05) is 47.9 Å². The number of benzene rings is 8. The molecule has 230 valence electrons. The van der Waals surface area contributed by atoms with Gasteiger partial charge in [0.2, 0.25) is 0 Å². The SMILES string of the molecule is c1ccc(-c2ccc(N(c3ccc4oc5ccccc5c4c3)c3ccc4ccccc4c3-c3ccc4sc5ccccc5c4c3)cc2)cc1. The van der Waals surface area contributed by atoms with E-state index in [2.05, 4.69) is 169 Å². The molecule has 3 heteroatoms. The van der Waals surface area contributed by atoms with Gasteiger partial charge < -0.3 is 9.32 Å². The predicted molar refractivity (Wildman–Crippen MR) is 210 cm³/mol. The molecule has 0 radical (unpaired) electrons. The van der Waals surface area contributed by atoms with Crippen LogP contribution in [0.2, 0.25) is 0 Å². The molecular formula is C46H29NOS. The fraction of sp³-hybridized carbons (Fsp3) is 0. The van der Waals surface area contributed by atoms with Crippen molar-refractivity contribution in [1.82, 2.24) is 0 Å². The molecule has 0 fully saturated rings. The van der Waals surface area contributed by atoms with E-state index in [1.165, 1.54) is 53.2 Å². The van der Waals surface area contributed by atoms with Crippen LogP contribution in [0.15, 0.2) is 180 Å². The molecule has 10 rings (SSSR count). The van der Waals surface area contributed by atoms with E-state index in [0.717, 1.165) is 39.0 Å². The third-order valence-electron chi connectivity index (χ3n) is 9.66. The van der Waals surface area contributed by atoms with Crippen molar-refractivity contribution in [3.63, 3.8) is 0 Å². The smallest absolute Gasteiger partial charge is 0.135 e. The van der Waals surface area contributed by atoms with Gasteiger partial charge in [0.25, 0.3) is 0 Å². The van der Waals surface area contributed by atoms with Gasteiger partial charge >= 0.3 is 0 Å². The highest BCUT2D eigenvalue weighted by Gasteiger charge is 2.21. The molecule has 0 amide bonds. The highest BCUT2D eigenvalue weighted by molar-refractivity contribution is 7.25. The maximum Gasteiger partial charge on any atom is 0.135 e. The molecule has 0 aliphatic carbocycles. The minimum Gasteiger partial charge on any atom is -0.456 e. The Labute approximate surface area is 287 Å². The van der Waals surface area contributed by atoms with E-state index in [4.69, 9.17) is 4.42 Å². The van der Waals surface area contributed by atoms with Crippen LogP contribution in [0.4, 0.5) is 17.1 Å². The number of hydrogen-bond acceptors (Lipinski definition) is 3. The molecule has 0 unspecified atom stereocenters. The number of rotatable bonds is 5. The summed E-state index contributed by atoms with van der Waals surface area (Å²) in [6.45, 7) is 0. The van der Waals surface area contributed by atoms with Gasteiger partial charge in [-0.15, -0.1) is 11.3 Å². The number of thiophene rings is 1. The van der Waals surface area contributed by atoms with Crippen LogP contribution in [0, 0.1) is 0 Å². The second kappa shape index (κ2) is 11.2. The third kappa shape index (κ3) is 4.62. The molecule has 2 heterocycles. The lowest BCUT2D eigenvalue weighted by molar-refractivity contribution is 0.669. The van der Waals surface area contributed by atoms with Gasteiger partial charge in [-0.1, -0.05) is 115 Å². The van der Waals surface area contributed by atoms with E-state index in [1.807, 2.05) is 23.5 Å². The number of furan rings is 1. The lowest BCUT2D eigenvalue weighted by Crippen LogP contribution is -2.11. The molecule has 0 bridgehead atoms. The van der Waals surface area contributed by atoms with Crippen LogP contribution in [0.25, 0.3) is 75.1 Å². The molecule has 0 N–H and O–H groups in total. The summed E-state index contributed by atoms with van der Waals surface area (Å²) in [4.78, 5) is 2.41. The van der Waals surface area contributed by atoms with Gasteiger partial charge in [0.1, 0.15) is 11.2 Å². The van der Waals surface area contributed by atoms with Crippen molar-refractivity contribution in [3.8, 4) is 22.3 Å². The summed E-state index contributed by atoms with van der Waals surface area (Å²) in [6.07, 6.45) is 0. The van der Waals surface area contributed by atoms with Crippen LogP contribution in [0.1, 0.15) is 0 Å². The topological polar surface area (TPSA) is 16.4 Å². The Kier molecular flexibility index (Phi) is 6.39. The molecule has 10 aromatic rings. The Balaban J connectivity index is 1.25. The number of fused-ring (bicyclic) bond motifs is 7. The minimum absolute atomic E-state index is 0.887. The largest absolute Gasteiger partial charge is 0.456 e. The van der Waals surface area contributed by atoms with Crippen molar-refractivity contribution in [2.45, 2.75) is 0 Å². The zero-order valence-electron chi connectivity index (χ0n) is 26.5. The predicted octanol–water partition coefficient (Wildman–Crippen LogP) is 13.9. The zero-order chi connectivity index (χ0) is 32.3. The third-order valence-corrected chi connectivity index (χ3v) is 10.8. The normalized spacial score (nSPS) is 11.7. The van der Waals surface area contributed by atoms with Gasteiger partial charge in [0.15, 0.2) is 0 Å². The van der Waals surface area contributed by atoms with Crippen molar-refractivity contribution in [2.24, 2.45) is 0 Å². The zero-order valence-corrected chi connectivity index (χ0v) is 27.3. The summed E-state index contributed by atoms with van der Waals surface area (Å²) in [5.41, 5.74) is 9.87. The summed E-state index contributed by atoms with van der Waals surface area (Å²) in [5.74, 6) is 0. The molecule has 0 aliphatic rings. The molecule has 0 saturated heterocycles. The summed E-state index contributed by atoms with van der Waals surface area (Å²) >= 11 is 1.86. The molecule has 0 atom stereocenters. The lowest BCUT2D eigenvalue weighted by Gasteiger charge is -2.29. The summed E-state index contributed by atoms with van der Waals surface area (Å²) < 4.78 is 8.88.